The lowest BCUT2D eigenvalue weighted by Crippen LogP contribution is -2.26. The second-order valence-electron chi connectivity index (χ2n) is 11.0. The van der Waals surface area contributed by atoms with Gasteiger partial charge in [0.2, 0.25) is 5.88 Å². The zero-order valence-corrected chi connectivity index (χ0v) is 26.3. The van der Waals surface area contributed by atoms with E-state index in [9.17, 15) is 14.0 Å². The Labute approximate surface area is 273 Å². The Hall–Kier alpha value is -5.34. The van der Waals surface area contributed by atoms with Gasteiger partial charge < -0.3 is 29.4 Å². The zero-order chi connectivity index (χ0) is 33.8. The SMILES string of the molecule is COCCOc1cc2ncnc(Oc3ccc(C4CCCn5c4c(C(N)=O)c(=O)n5-c4ccccc4F)c(F)c3)c2cc1OCCOC. The molecule has 0 aliphatic carbocycles. The van der Waals surface area contributed by atoms with Crippen molar-refractivity contribution in [2.45, 2.75) is 25.3 Å². The van der Waals surface area contributed by atoms with Crippen LogP contribution in [0.5, 0.6) is 23.1 Å². The third kappa shape index (κ3) is 6.31. The van der Waals surface area contributed by atoms with Crippen LogP contribution < -0.4 is 25.5 Å². The van der Waals surface area contributed by atoms with Crippen molar-refractivity contribution in [2.24, 2.45) is 5.73 Å². The van der Waals surface area contributed by atoms with E-state index in [0.717, 1.165) is 4.68 Å². The van der Waals surface area contributed by atoms with E-state index < -0.39 is 29.0 Å². The number of aromatic nitrogens is 4. The van der Waals surface area contributed by atoms with Crippen LogP contribution in [-0.2, 0) is 16.0 Å². The fourth-order valence-corrected chi connectivity index (χ4v) is 5.90. The molecule has 0 spiro atoms. The standard InChI is InChI=1S/C34H33F2N5O7/c1-44-12-14-46-28-17-23-26(18-29(28)47-15-13-45-2)38-19-39-33(23)48-20-9-10-21(25(36)16-20)22-6-5-11-40-31(22)30(32(37)42)34(43)41(40)27-8-4-3-7-24(27)35/h3-4,7-10,16-19,22H,5-6,11-15H2,1-2H3,(H2,37,42). The minimum atomic E-state index is -0.973. The number of hydrogen-bond donors (Lipinski definition) is 1. The molecule has 250 valence electrons. The Morgan fingerprint density at radius 3 is 2.35 bits per heavy atom. The molecule has 0 fully saturated rings. The van der Waals surface area contributed by atoms with E-state index in [1.807, 2.05) is 0 Å². The van der Waals surface area contributed by atoms with Crippen molar-refractivity contribution in [1.82, 2.24) is 19.3 Å². The van der Waals surface area contributed by atoms with Crippen LogP contribution in [0.1, 0.15) is 40.4 Å². The van der Waals surface area contributed by atoms with Gasteiger partial charge in [-0.1, -0.05) is 18.2 Å². The number of benzene rings is 3. The number of primary amides is 1. The zero-order valence-electron chi connectivity index (χ0n) is 26.3. The summed E-state index contributed by atoms with van der Waals surface area (Å²) in [4.78, 5) is 34.7. The summed E-state index contributed by atoms with van der Waals surface area (Å²) in [6, 6.07) is 13.4. The predicted molar refractivity (Wildman–Crippen MR) is 170 cm³/mol. The molecule has 2 aromatic heterocycles. The molecule has 1 atom stereocenters. The van der Waals surface area contributed by atoms with E-state index in [2.05, 4.69) is 9.97 Å². The molecule has 12 nitrogen and oxygen atoms in total. The number of carbonyl (C=O) groups excluding carboxylic acids is 1. The van der Waals surface area contributed by atoms with Gasteiger partial charge in [0.15, 0.2) is 11.5 Å². The van der Waals surface area contributed by atoms with Crippen LogP contribution in [0.3, 0.4) is 0 Å². The Balaban J connectivity index is 1.35. The lowest BCUT2D eigenvalue weighted by atomic mass is 9.86. The minimum Gasteiger partial charge on any atom is -0.487 e. The molecule has 0 radical (unpaired) electrons. The summed E-state index contributed by atoms with van der Waals surface area (Å²) in [5.74, 6) is -1.82. The fraction of sp³-hybridized carbons (Fsp3) is 0.294. The van der Waals surface area contributed by atoms with Crippen LogP contribution in [-0.4, -0.2) is 65.9 Å². The first kappa shape index (κ1) is 32.6. The van der Waals surface area contributed by atoms with Gasteiger partial charge in [-0.3, -0.25) is 14.3 Å². The van der Waals surface area contributed by atoms with Crippen molar-refractivity contribution in [3.8, 4) is 28.8 Å². The van der Waals surface area contributed by atoms with Gasteiger partial charge in [0.25, 0.3) is 11.5 Å². The first-order chi connectivity index (χ1) is 23.3. The van der Waals surface area contributed by atoms with Crippen LogP contribution in [0.15, 0.2) is 65.7 Å². The van der Waals surface area contributed by atoms with Crippen LogP contribution in [0.4, 0.5) is 8.78 Å². The number of ether oxygens (including phenoxy) is 5. The summed E-state index contributed by atoms with van der Waals surface area (Å²) in [6.07, 6.45) is 2.28. The van der Waals surface area contributed by atoms with Gasteiger partial charge in [0, 0.05) is 38.8 Å². The molecule has 14 heteroatoms. The van der Waals surface area contributed by atoms with Crippen molar-refractivity contribution in [3.63, 3.8) is 0 Å². The molecule has 2 N–H and O–H groups in total. The van der Waals surface area contributed by atoms with Crippen molar-refractivity contribution >= 4 is 16.8 Å². The Bertz CT molecular complexity index is 2030. The average molecular weight is 662 g/mol. The molecule has 0 bridgehead atoms. The second-order valence-corrected chi connectivity index (χ2v) is 11.0. The fourth-order valence-electron chi connectivity index (χ4n) is 5.90. The van der Waals surface area contributed by atoms with E-state index in [1.54, 1.807) is 38.5 Å². The number of hydrogen-bond acceptors (Lipinski definition) is 9. The number of halogens is 2. The molecule has 3 aromatic carbocycles. The summed E-state index contributed by atoms with van der Waals surface area (Å²) in [5, 5.41) is 0.491. The number of nitrogens with zero attached hydrogens (tertiary/aromatic N) is 4. The highest BCUT2D eigenvalue weighted by Gasteiger charge is 2.35. The van der Waals surface area contributed by atoms with Crippen molar-refractivity contribution in [3.05, 3.63) is 99.7 Å². The van der Waals surface area contributed by atoms with E-state index in [-0.39, 0.29) is 47.4 Å². The number of rotatable bonds is 13. The minimum absolute atomic E-state index is 0.0286. The van der Waals surface area contributed by atoms with Crippen LogP contribution >= 0.6 is 0 Å². The number of carbonyl (C=O) groups is 1. The summed E-state index contributed by atoms with van der Waals surface area (Å²) in [7, 11) is 3.14. The highest BCUT2D eigenvalue weighted by molar-refractivity contribution is 5.94. The largest absolute Gasteiger partial charge is 0.487 e. The van der Waals surface area contributed by atoms with Gasteiger partial charge in [-0.05, 0) is 42.7 Å². The Kier molecular flexibility index (Phi) is 9.64. The molecule has 1 amide bonds. The van der Waals surface area contributed by atoms with Crippen molar-refractivity contribution < 1.29 is 37.3 Å². The van der Waals surface area contributed by atoms with Crippen LogP contribution in [0, 0.1) is 11.6 Å². The number of methoxy groups -OCH3 is 2. The Morgan fingerprint density at radius 1 is 0.938 bits per heavy atom. The molecular formula is C34H33F2N5O7. The van der Waals surface area contributed by atoms with Crippen LogP contribution in [0.2, 0.25) is 0 Å². The van der Waals surface area contributed by atoms with E-state index >= 15 is 4.39 Å². The quantitative estimate of drug-likeness (QED) is 0.177. The molecule has 1 unspecified atom stereocenters. The van der Waals surface area contributed by atoms with Gasteiger partial charge in [-0.15, -0.1) is 0 Å². The highest BCUT2D eigenvalue weighted by atomic mass is 19.1. The summed E-state index contributed by atoms with van der Waals surface area (Å²) in [6.45, 7) is 1.57. The normalized spacial score (nSPS) is 14.1. The lowest BCUT2D eigenvalue weighted by molar-refractivity contribution is 0.0997. The lowest BCUT2D eigenvalue weighted by Gasteiger charge is -2.27. The van der Waals surface area contributed by atoms with Gasteiger partial charge in [-0.25, -0.2) is 23.4 Å². The smallest absolute Gasteiger partial charge is 0.284 e. The molecule has 0 saturated carbocycles. The number of para-hydroxylation sites is 1. The van der Waals surface area contributed by atoms with E-state index in [1.165, 1.54) is 41.3 Å². The average Bonchev–Trinajstić information content (AvgIpc) is 3.37. The molecular weight excluding hydrogens is 628 g/mol. The van der Waals surface area contributed by atoms with E-state index in [4.69, 9.17) is 29.4 Å². The predicted octanol–water partition coefficient (Wildman–Crippen LogP) is 4.73. The molecule has 6 rings (SSSR count). The maximum atomic E-state index is 16.0. The first-order valence-corrected chi connectivity index (χ1v) is 15.2. The number of nitrogens with two attached hydrogens (primary N) is 1. The summed E-state index contributed by atoms with van der Waals surface area (Å²) < 4.78 is 61.4. The molecule has 1 aliphatic heterocycles. The van der Waals surface area contributed by atoms with Crippen molar-refractivity contribution in [1.29, 1.82) is 0 Å². The van der Waals surface area contributed by atoms with Crippen molar-refractivity contribution in [2.75, 3.05) is 40.6 Å². The maximum absolute atomic E-state index is 16.0. The van der Waals surface area contributed by atoms with Gasteiger partial charge in [0.1, 0.15) is 48.2 Å². The number of fused-ring (bicyclic) bond motifs is 2. The van der Waals surface area contributed by atoms with Gasteiger partial charge in [-0.2, -0.15) is 0 Å². The third-order valence-electron chi connectivity index (χ3n) is 8.02. The molecule has 5 aromatic rings. The van der Waals surface area contributed by atoms with Gasteiger partial charge in [0.05, 0.1) is 29.8 Å². The van der Waals surface area contributed by atoms with Gasteiger partial charge >= 0.3 is 0 Å². The molecule has 1 aliphatic rings. The first-order valence-electron chi connectivity index (χ1n) is 15.2. The van der Waals surface area contributed by atoms with Crippen LogP contribution in [0.25, 0.3) is 16.6 Å². The molecule has 3 heterocycles. The highest BCUT2D eigenvalue weighted by Crippen LogP contribution is 2.40. The summed E-state index contributed by atoms with van der Waals surface area (Å²) in [5.41, 5.74) is 5.55. The maximum Gasteiger partial charge on any atom is 0.284 e. The summed E-state index contributed by atoms with van der Waals surface area (Å²) >= 11 is 0. The Morgan fingerprint density at radius 2 is 1.67 bits per heavy atom. The molecule has 48 heavy (non-hydrogen) atoms. The second kappa shape index (κ2) is 14.2. The molecule has 0 saturated heterocycles. The van der Waals surface area contributed by atoms with E-state index in [0.29, 0.717) is 55.0 Å². The monoisotopic (exact) mass is 661 g/mol. The third-order valence-corrected chi connectivity index (χ3v) is 8.02. The number of amides is 1. The topological polar surface area (TPSA) is 142 Å².